The fourth-order valence-corrected chi connectivity index (χ4v) is 3.05. The third-order valence-electron chi connectivity index (χ3n) is 4.47. The van der Waals surface area contributed by atoms with Gasteiger partial charge in [0, 0.05) is 27.6 Å². The molecule has 0 aliphatic carbocycles. The van der Waals surface area contributed by atoms with Crippen LogP contribution in [0.4, 0.5) is 21.9 Å². The Hall–Kier alpha value is -3.31. The topological polar surface area (TPSA) is 70.2 Å². The lowest BCUT2D eigenvalue weighted by atomic mass is 9.87. The van der Waals surface area contributed by atoms with Gasteiger partial charge in [0.25, 0.3) is 5.91 Å². The first-order valence-corrected chi connectivity index (χ1v) is 9.94. The summed E-state index contributed by atoms with van der Waals surface area (Å²) in [4.78, 5) is 24.8. The van der Waals surface area contributed by atoms with Gasteiger partial charge in [-0.25, -0.2) is 4.79 Å². The average molecular weight is 422 g/mol. The Morgan fingerprint density at radius 1 is 0.733 bits per heavy atom. The van der Waals surface area contributed by atoms with Crippen LogP contribution in [0, 0.1) is 0 Å². The molecule has 0 aromatic heterocycles. The quantitative estimate of drug-likeness (QED) is 0.448. The molecule has 0 aliphatic heterocycles. The average Bonchev–Trinajstić information content (AvgIpc) is 2.67. The van der Waals surface area contributed by atoms with Gasteiger partial charge in [-0.3, -0.25) is 4.79 Å². The van der Waals surface area contributed by atoms with E-state index in [2.05, 4.69) is 36.7 Å². The molecule has 3 rings (SSSR count). The zero-order valence-corrected chi connectivity index (χ0v) is 17.9. The van der Waals surface area contributed by atoms with Crippen LogP contribution >= 0.6 is 11.6 Å². The fourth-order valence-electron chi connectivity index (χ4n) is 2.86. The van der Waals surface area contributed by atoms with E-state index in [0.29, 0.717) is 27.6 Å². The summed E-state index contributed by atoms with van der Waals surface area (Å²) >= 11 is 5.93. The minimum Gasteiger partial charge on any atom is -0.322 e. The minimum atomic E-state index is -0.404. The zero-order chi connectivity index (χ0) is 21.7. The van der Waals surface area contributed by atoms with Crippen molar-refractivity contribution < 1.29 is 9.59 Å². The predicted molar refractivity (Wildman–Crippen MR) is 124 cm³/mol. The van der Waals surface area contributed by atoms with Gasteiger partial charge in [0.05, 0.1) is 0 Å². The fraction of sp³-hybridized carbons (Fsp3) is 0.167. The van der Waals surface area contributed by atoms with Crippen LogP contribution < -0.4 is 16.0 Å². The van der Waals surface area contributed by atoms with E-state index in [1.54, 1.807) is 48.5 Å². The van der Waals surface area contributed by atoms with E-state index in [9.17, 15) is 9.59 Å². The summed E-state index contributed by atoms with van der Waals surface area (Å²) < 4.78 is 0. The van der Waals surface area contributed by atoms with E-state index in [1.807, 2.05) is 24.3 Å². The number of nitrogens with one attached hydrogen (secondary N) is 3. The Bertz CT molecular complexity index is 1060. The van der Waals surface area contributed by atoms with Gasteiger partial charge in [0.2, 0.25) is 0 Å². The highest BCUT2D eigenvalue weighted by Gasteiger charge is 2.14. The lowest BCUT2D eigenvalue weighted by Crippen LogP contribution is -2.19. The van der Waals surface area contributed by atoms with Crippen LogP contribution in [-0.2, 0) is 5.41 Å². The van der Waals surface area contributed by atoms with Gasteiger partial charge in [-0.15, -0.1) is 0 Å². The molecule has 3 aromatic carbocycles. The number of amides is 3. The molecular formula is C24H24ClN3O2. The number of anilines is 3. The van der Waals surface area contributed by atoms with Crippen LogP contribution in [0.25, 0.3) is 0 Å². The van der Waals surface area contributed by atoms with Crippen molar-refractivity contribution in [2.75, 3.05) is 16.0 Å². The minimum absolute atomic E-state index is 0.0284. The Kier molecular flexibility index (Phi) is 6.43. The molecule has 154 valence electrons. The van der Waals surface area contributed by atoms with E-state index in [1.165, 1.54) is 0 Å². The van der Waals surface area contributed by atoms with Crippen molar-refractivity contribution >= 4 is 40.6 Å². The summed E-state index contributed by atoms with van der Waals surface area (Å²) in [6.45, 7) is 6.38. The molecule has 6 heteroatoms. The highest BCUT2D eigenvalue weighted by Crippen LogP contribution is 2.23. The van der Waals surface area contributed by atoms with Gasteiger partial charge in [-0.05, 0) is 59.5 Å². The summed E-state index contributed by atoms with van der Waals surface area (Å²) in [5.74, 6) is -0.212. The molecule has 0 aliphatic rings. The SMILES string of the molecule is CC(C)(C)c1ccc(C(=O)Nc2cccc(NC(=O)Nc3cccc(Cl)c3)c2)cc1. The highest BCUT2D eigenvalue weighted by molar-refractivity contribution is 6.30. The van der Waals surface area contributed by atoms with Gasteiger partial charge in [0.15, 0.2) is 0 Å². The van der Waals surface area contributed by atoms with E-state index in [0.717, 1.165) is 5.56 Å². The van der Waals surface area contributed by atoms with Crippen molar-refractivity contribution in [2.45, 2.75) is 26.2 Å². The molecule has 0 atom stereocenters. The molecule has 0 saturated carbocycles. The number of urea groups is 1. The van der Waals surface area contributed by atoms with Crippen molar-refractivity contribution in [3.05, 3.63) is 88.9 Å². The second kappa shape index (κ2) is 9.01. The Morgan fingerprint density at radius 3 is 1.83 bits per heavy atom. The normalized spacial score (nSPS) is 10.9. The van der Waals surface area contributed by atoms with E-state index < -0.39 is 6.03 Å². The van der Waals surface area contributed by atoms with E-state index >= 15 is 0 Å². The monoisotopic (exact) mass is 421 g/mol. The van der Waals surface area contributed by atoms with Crippen LogP contribution in [0.2, 0.25) is 5.02 Å². The molecule has 5 nitrogen and oxygen atoms in total. The third kappa shape index (κ3) is 5.84. The van der Waals surface area contributed by atoms with Gasteiger partial charge in [-0.2, -0.15) is 0 Å². The van der Waals surface area contributed by atoms with Crippen LogP contribution in [0.3, 0.4) is 0 Å². The number of benzene rings is 3. The molecule has 0 heterocycles. The number of hydrogen-bond donors (Lipinski definition) is 3. The molecule has 0 fully saturated rings. The molecule has 0 unspecified atom stereocenters. The van der Waals surface area contributed by atoms with E-state index in [4.69, 9.17) is 11.6 Å². The maximum atomic E-state index is 12.6. The first-order valence-electron chi connectivity index (χ1n) is 9.56. The first-order chi connectivity index (χ1) is 14.2. The lowest BCUT2D eigenvalue weighted by Gasteiger charge is -2.19. The number of carbonyl (C=O) groups is 2. The predicted octanol–water partition coefficient (Wildman–Crippen LogP) is 6.53. The van der Waals surface area contributed by atoms with Crippen LogP contribution in [-0.4, -0.2) is 11.9 Å². The summed E-state index contributed by atoms with van der Waals surface area (Å²) in [7, 11) is 0. The van der Waals surface area contributed by atoms with Crippen molar-refractivity contribution in [1.29, 1.82) is 0 Å². The molecule has 3 amide bonds. The second-order valence-corrected chi connectivity index (χ2v) is 8.39. The third-order valence-corrected chi connectivity index (χ3v) is 4.71. The Labute approximate surface area is 181 Å². The van der Waals surface area contributed by atoms with Crippen molar-refractivity contribution in [3.63, 3.8) is 0 Å². The van der Waals surface area contributed by atoms with Crippen LogP contribution in [0.5, 0.6) is 0 Å². The Balaban J connectivity index is 1.63. The first kappa shape index (κ1) is 21.4. The maximum Gasteiger partial charge on any atom is 0.323 e. The van der Waals surface area contributed by atoms with Crippen molar-refractivity contribution in [3.8, 4) is 0 Å². The molecule has 0 spiro atoms. The molecular weight excluding hydrogens is 398 g/mol. The van der Waals surface area contributed by atoms with Crippen molar-refractivity contribution in [2.24, 2.45) is 0 Å². The molecule has 30 heavy (non-hydrogen) atoms. The summed E-state index contributed by atoms with van der Waals surface area (Å²) in [6.07, 6.45) is 0. The largest absolute Gasteiger partial charge is 0.323 e. The van der Waals surface area contributed by atoms with Gasteiger partial charge >= 0.3 is 6.03 Å². The van der Waals surface area contributed by atoms with Gasteiger partial charge in [-0.1, -0.05) is 56.6 Å². The number of rotatable bonds is 4. The number of halogens is 1. The summed E-state index contributed by atoms with van der Waals surface area (Å²) in [5.41, 5.74) is 3.48. The maximum absolute atomic E-state index is 12.6. The standard InChI is InChI=1S/C24H24ClN3O2/c1-24(2,3)17-12-10-16(11-13-17)22(29)26-20-8-5-9-21(15-20)28-23(30)27-19-7-4-6-18(25)14-19/h4-15H,1-3H3,(H,26,29)(H2,27,28,30). The zero-order valence-electron chi connectivity index (χ0n) is 17.1. The smallest absolute Gasteiger partial charge is 0.322 e. The lowest BCUT2D eigenvalue weighted by molar-refractivity contribution is 0.102. The second-order valence-electron chi connectivity index (χ2n) is 7.95. The van der Waals surface area contributed by atoms with Gasteiger partial charge < -0.3 is 16.0 Å². The highest BCUT2D eigenvalue weighted by atomic mass is 35.5. The molecule has 0 saturated heterocycles. The summed E-state index contributed by atoms with van der Waals surface area (Å²) in [6, 6.07) is 21.0. The Morgan fingerprint density at radius 2 is 1.27 bits per heavy atom. The molecule has 3 aromatic rings. The van der Waals surface area contributed by atoms with Crippen LogP contribution in [0.15, 0.2) is 72.8 Å². The summed E-state index contributed by atoms with van der Waals surface area (Å²) in [5, 5.41) is 8.85. The molecule has 0 bridgehead atoms. The van der Waals surface area contributed by atoms with Gasteiger partial charge in [0.1, 0.15) is 0 Å². The van der Waals surface area contributed by atoms with Crippen molar-refractivity contribution in [1.82, 2.24) is 0 Å². The van der Waals surface area contributed by atoms with Crippen LogP contribution in [0.1, 0.15) is 36.7 Å². The number of hydrogen-bond acceptors (Lipinski definition) is 2. The number of carbonyl (C=O) groups excluding carboxylic acids is 2. The van der Waals surface area contributed by atoms with E-state index in [-0.39, 0.29) is 11.3 Å². The molecule has 3 N–H and O–H groups in total. The molecule has 0 radical (unpaired) electrons.